The molecule has 2 aliphatic heterocycles. The quantitative estimate of drug-likeness (QED) is 0.483. The van der Waals surface area contributed by atoms with E-state index in [4.69, 9.17) is 9.47 Å². The molecule has 3 heterocycles. The van der Waals surface area contributed by atoms with Gasteiger partial charge < -0.3 is 18.9 Å². The molecule has 1 atom stereocenters. The molecule has 39 heavy (non-hydrogen) atoms. The standard InChI is InChI=1S/C28H25F2N3O6/c1-32-12-17(9-19(25(29)30)27(32)36)16-10-21(38-2)24(22(11-16)39-3)14-4-5-15-13-33(28(37)18(15)8-14)20-6-7-23(34)31-26(20)35/h4-5,8-12,20,25H,6-7,13H2,1-3H3,(H,31,34,35). The first-order valence-electron chi connectivity index (χ1n) is 12.2. The lowest BCUT2D eigenvalue weighted by molar-refractivity contribution is -0.136. The van der Waals surface area contributed by atoms with Crippen molar-refractivity contribution in [3.63, 3.8) is 0 Å². The number of aryl methyl sites for hydroxylation is 1. The number of carbonyl (C=O) groups is 3. The van der Waals surface area contributed by atoms with Crippen LogP contribution in [0.5, 0.6) is 11.5 Å². The molecule has 1 unspecified atom stereocenters. The van der Waals surface area contributed by atoms with Gasteiger partial charge in [0.2, 0.25) is 11.8 Å². The van der Waals surface area contributed by atoms with Gasteiger partial charge in [-0.05, 0) is 52.9 Å². The highest BCUT2D eigenvalue weighted by Gasteiger charge is 2.39. The number of piperidine rings is 1. The number of alkyl halides is 2. The first-order valence-corrected chi connectivity index (χ1v) is 12.2. The fourth-order valence-corrected chi connectivity index (χ4v) is 5.12. The maximum absolute atomic E-state index is 13.5. The van der Waals surface area contributed by atoms with E-state index in [0.717, 1.165) is 16.2 Å². The molecular weight excluding hydrogens is 512 g/mol. The van der Waals surface area contributed by atoms with Crippen molar-refractivity contribution in [2.45, 2.75) is 31.9 Å². The van der Waals surface area contributed by atoms with Crippen molar-refractivity contribution >= 4 is 17.7 Å². The van der Waals surface area contributed by atoms with Crippen LogP contribution in [0.2, 0.25) is 0 Å². The summed E-state index contributed by atoms with van der Waals surface area (Å²) in [5, 5.41) is 2.29. The monoisotopic (exact) mass is 537 g/mol. The summed E-state index contributed by atoms with van der Waals surface area (Å²) in [5.41, 5.74) is 1.79. The number of hydrogen-bond acceptors (Lipinski definition) is 6. The fraction of sp³-hybridized carbons (Fsp3) is 0.286. The molecule has 0 radical (unpaired) electrons. The van der Waals surface area contributed by atoms with Crippen molar-refractivity contribution in [3.8, 4) is 33.8 Å². The maximum Gasteiger partial charge on any atom is 0.269 e. The smallest absolute Gasteiger partial charge is 0.269 e. The van der Waals surface area contributed by atoms with Crippen molar-refractivity contribution in [1.29, 1.82) is 0 Å². The molecule has 0 spiro atoms. The van der Waals surface area contributed by atoms with Gasteiger partial charge >= 0.3 is 0 Å². The lowest BCUT2D eigenvalue weighted by Crippen LogP contribution is -2.52. The van der Waals surface area contributed by atoms with Gasteiger partial charge in [0.25, 0.3) is 17.9 Å². The molecule has 3 aromatic rings. The van der Waals surface area contributed by atoms with Crippen molar-refractivity contribution in [2.75, 3.05) is 14.2 Å². The number of amides is 3. The van der Waals surface area contributed by atoms with Crippen LogP contribution >= 0.6 is 0 Å². The number of pyridine rings is 1. The molecule has 1 saturated heterocycles. The number of aromatic nitrogens is 1. The van der Waals surface area contributed by atoms with Crippen LogP contribution < -0.4 is 20.3 Å². The number of benzene rings is 2. The van der Waals surface area contributed by atoms with Gasteiger partial charge in [0.15, 0.2) is 0 Å². The van der Waals surface area contributed by atoms with Crippen LogP contribution in [0, 0.1) is 0 Å². The molecular formula is C28H25F2N3O6. The second-order valence-corrected chi connectivity index (χ2v) is 9.43. The predicted octanol–water partition coefficient (Wildman–Crippen LogP) is 3.44. The highest BCUT2D eigenvalue weighted by atomic mass is 19.3. The van der Waals surface area contributed by atoms with E-state index < -0.39 is 29.5 Å². The summed E-state index contributed by atoms with van der Waals surface area (Å²) in [5.74, 6) is -0.428. The van der Waals surface area contributed by atoms with Gasteiger partial charge in [0.1, 0.15) is 17.5 Å². The Morgan fingerprint density at radius 2 is 1.64 bits per heavy atom. The van der Waals surface area contributed by atoms with Crippen LogP contribution in [-0.4, -0.2) is 47.4 Å². The summed E-state index contributed by atoms with van der Waals surface area (Å²) in [6, 6.07) is 9.03. The number of ether oxygens (including phenoxy) is 2. The van der Waals surface area contributed by atoms with Crippen LogP contribution in [0.15, 0.2) is 47.4 Å². The van der Waals surface area contributed by atoms with Gasteiger partial charge in [-0.15, -0.1) is 0 Å². The van der Waals surface area contributed by atoms with Gasteiger partial charge in [-0.3, -0.25) is 24.5 Å². The molecule has 3 amide bonds. The normalized spacial score (nSPS) is 16.9. The highest BCUT2D eigenvalue weighted by Crippen LogP contribution is 2.43. The predicted molar refractivity (Wildman–Crippen MR) is 137 cm³/mol. The summed E-state index contributed by atoms with van der Waals surface area (Å²) >= 11 is 0. The van der Waals surface area contributed by atoms with Crippen molar-refractivity contribution < 1.29 is 32.6 Å². The first kappa shape index (κ1) is 26.1. The molecule has 1 N–H and O–H groups in total. The minimum atomic E-state index is -2.93. The van der Waals surface area contributed by atoms with Crippen LogP contribution in [0.4, 0.5) is 8.78 Å². The Kier molecular flexibility index (Phi) is 6.67. The molecule has 2 aromatic carbocycles. The molecule has 9 nitrogen and oxygen atoms in total. The third-order valence-corrected chi connectivity index (χ3v) is 7.10. The van der Waals surface area contributed by atoms with Crippen LogP contribution in [0.25, 0.3) is 22.3 Å². The van der Waals surface area contributed by atoms with Crippen molar-refractivity contribution in [3.05, 3.63) is 69.6 Å². The Hall–Kier alpha value is -4.54. The lowest BCUT2D eigenvalue weighted by atomic mass is 9.95. The van der Waals surface area contributed by atoms with Gasteiger partial charge in [0, 0.05) is 31.8 Å². The first-order chi connectivity index (χ1) is 18.6. The molecule has 11 heteroatoms. The number of nitrogens with one attached hydrogen (secondary N) is 1. The molecule has 0 aliphatic carbocycles. The minimum absolute atomic E-state index is 0.164. The number of halogens is 2. The van der Waals surface area contributed by atoms with Gasteiger partial charge in [-0.2, -0.15) is 0 Å². The Bertz CT molecular complexity index is 1560. The topological polar surface area (TPSA) is 107 Å². The molecule has 0 bridgehead atoms. The van der Waals surface area contributed by atoms with Crippen molar-refractivity contribution in [1.82, 2.24) is 14.8 Å². The molecule has 1 fully saturated rings. The number of fused-ring (bicyclic) bond motifs is 1. The molecule has 202 valence electrons. The average Bonchev–Trinajstić information content (AvgIpc) is 3.24. The Labute approximate surface area is 221 Å². The van der Waals surface area contributed by atoms with Gasteiger partial charge in [-0.25, -0.2) is 8.78 Å². The second kappa shape index (κ2) is 9.97. The van der Waals surface area contributed by atoms with E-state index in [9.17, 15) is 28.0 Å². The number of methoxy groups -OCH3 is 2. The molecule has 1 aromatic heterocycles. The zero-order valence-electron chi connectivity index (χ0n) is 21.4. The van der Waals surface area contributed by atoms with E-state index in [-0.39, 0.29) is 31.2 Å². The van der Waals surface area contributed by atoms with Crippen LogP contribution in [0.3, 0.4) is 0 Å². The average molecular weight is 538 g/mol. The number of rotatable bonds is 6. The van der Waals surface area contributed by atoms with E-state index >= 15 is 0 Å². The SMILES string of the molecule is COc1cc(-c2cc(C(F)F)c(=O)n(C)c2)cc(OC)c1-c1ccc2c(c1)C(=O)N(C1CCC(=O)NC1=O)C2. The second-order valence-electron chi connectivity index (χ2n) is 9.43. The summed E-state index contributed by atoms with van der Waals surface area (Å²) in [6.45, 7) is 0.243. The van der Waals surface area contributed by atoms with Crippen LogP contribution in [0.1, 0.15) is 40.8 Å². The number of nitrogens with zero attached hydrogens (tertiary/aromatic N) is 2. The van der Waals surface area contributed by atoms with E-state index in [1.165, 1.54) is 32.4 Å². The molecule has 2 aliphatic rings. The summed E-state index contributed by atoms with van der Waals surface area (Å²) in [6.07, 6.45) is -1.05. The highest BCUT2D eigenvalue weighted by molar-refractivity contribution is 6.06. The third-order valence-electron chi connectivity index (χ3n) is 7.10. The van der Waals surface area contributed by atoms with E-state index in [1.807, 2.05) is 0 Å². The Balaban J connectivity index is 1.55. The molecule has 0 saturated carbocycles. The van der Waals surface area contributed by atoms with Crippen LogP contribution in [-0.2, 0) is 23.2 Å². The summed E-state index contributed by atoms with van der Waals surface area (Å²) in [7, 11) is 4.31. The minimum Gasteiger partial charge on any atom is -0.496 e. The summed E-state index contributed by atoms with van der Waals surface area (Å²) < 4.78 is 39.3. The lowest BCUT2D eigenvalue weighted by Gasteiger charge is -2.29. The Morgan fingerprint density at radius 1 is 0.949 bits per heavy atom. The Morgan fingerprint density at radius 3 is 2.26 bits per heavy atom. The fourth-order valence-electron chi connectivity index (χ4n) is 5.12. The van der Waals surface area contributed by atoms with Gasteiger partial charge in [0.05, 0.1) is 25.3 Å². The third kappa shape index (κ3) is 4.53. The summed E-state index contributed by atoms with van der Waals surface area (Å²) in [4.78, 5) is 50.8. The van der Waals surface area contributed by atoms with E-state index in [2.05, 4.69) is 5.32 Å². The molecule has 5 rings (SSSR count). The zero-order valence-corrected chi connectivity index (χ0v) is 21.4. The number of hydrogen-bond donors (Lipinski definition) is 1. The number of carbonyl (C=O) groups excluding carboxylic acids is 3. The zero-order chi connectivity index (χ0) is 28.0. The van der Waals surface area contributed by atoms with Crippen molar-refractivity contribution in [2.24, 2.45) is 7.05 Å². The number of imide groups is 1. The van der Waals surface area contributed by atoms with Gasteiger partial charge in [-0.1, -0.05) is 12.1 Å². The van der Waals surface area contributed by atoms with E-state index in [1.54, 1.807) is 30.3 Å². The van der Waals surface area contributed by atoms with E-state index in [0.29, 0.717) is 39.3 Å². The largest absolute Gasteiger partial charge is 0.496 e. The maximum atomic E-state index is 13.5.